The minimum atomic E-state index is 0.0621. The topological polar surface area (TPSA) is 0 Å². The average Bonchev–Trinajstić information content (AvgIpc) is 2.49. The number of rotatable bonds is 2. The molecule has 0 spiro atoms. The van der Waals surface area contributed by atoms with Crippen molar-refractivity contribution in [1.29, 1.82) is 0 Å². The second kappa shape index (κ2) is 5.88. The second-order valence-corrected chi connectivity index (χ2v) is 8.01. The van der Waals surface area contributed by atoms with Crippen molar-refractivity contribution in [1.82, 2.24) is 0 Å². The molecular weight excluding hydrogens is 247 g/mol. The van der Waals surface area contributed by atoms with Crippen molar-refractivity contribution in [2.24, 2.45) is 5.92 Å². The molecule has 0 saturated carbocycles. The van der Waals surface area contributed by atoms with Gasteiger partial charge in [-0.05, 0) is 47.5 Å². The van der Waals surface area contributed by atoms with Crippen LogP contribution in [0.2, 0.25) is 0 Å². The van der Waals surface area contributed by atoms with Crippen LogP contribution in [0.4, 0.5) is 0 Å². The smallest absolute Gasteiger partial charge is 0.0107 e. The first-order valence-corrected chi connectivity index (χ1v) is 8.95. The van der Waals surface area contributed by atoms with E-state index in [1.165, 1.54) is 36.3 Å². The number of hydrogen-bond donors (Lipinski definition) is 0. The van der Waals surface area contributed by atoms with E-state index in [-0.39, 0.29) is 7.92 Å². The molecule has 1 heterocycles. The zero-order chi connectivity index (χ0) is 13.1. The van der Waals surface area contributed by atoms with Crippen molar-refractivity contribution >= 4 is 13.2 Å². The Balaban J connectivity index is 1.94. The maximum absolute atomic E-state index is 2.40. The van der Waals surface area contributed by atoms with Crippen LogP contribution in [0.25, 0.3) is 11.1 Å². The van der Waals surface area contributed by atoms with Crippen molar-refractivity contribution in [3.63, 3.8) is 0 Å². The lowest BCUT2D eigenvalue weighted by molar-refractivity contribution is 0.536. The van der Waals surface area contributed by atoms with E-state index >= 15 is 0 Å². The van der Waals surface area contributed by atoms with E-state index in [0.29, 0.717) is 0 Å². The van der Waals surface area contributed by atoms with E-state index < -0.39 is 0 Å². The van der Waals surface area contributed by atoms with Gasteiger partial charge in [0.25, 0.3) is 0 Å². The third kappa shape index (κ3) is 2.90. The molecule has 0 aliphatic carbocycles. The molecule has 0 atom stereocenters. The zero-order valence-electron chi connectivity index (χ0n) is 11.5. The lowest BCUT2D eigenvalue weighted by atomic mass is 10.1. The summed E-state index contributed by atoms with van der Waals surface area (Å²) in [5, 5.41) is 1.62. The largest absolute Gasteiger partial charge is 0.0746 e. The lowest BCUT2D eigenvalue weighted by Gasteiger charge is -2.28. The minimum absolute atomic E-state index is 0.0621. The highest BCUT2D eigenvalue weighted by Crippen LogP contribution is 2.44. The van der Waals surface area contributed by atoms with Crippen molar-refractivity contribution in [3.8, 4) is 11.1 Å². The molecule has 1 heteroatoms. The molecule has 0 nitrogen and oxygen atoms in total. The molecule has 0 amide bonds. The van der Waals surface area contributed by atoms with Gasteiger partial charge in [-0.2, -0.15) is 0 Å². The van der Waals surface area contributed by atoms with Crippen molar-refractivity contribution < 1.29 is 0 Å². The zero-order valence-corrected chi connectivity index (χ0v) is 12.4. The van der Waals surface area contributed by atoms with E-state index in [9.17, 15) is 0 Å². The molecule has 2 aromatic rings. The van der Waals surface area contributed by atoms with E-state index in [4.69, 9.17) is 0 Å². The van der Waals surface area contributed by atoms with Gasteiger partial charge in [-0.1, -0.05) is 69.4 Å². The van der Waals surface area contributed by atoms with Gasteiger partial charge in [0.1, 0.15) is 0 Å². The SMILES string of the molecule is CC1CCP(c2ccccc2-c2ccccc2)CC1. The fraction of sp³-hybridized carbons (Fsp3) is 0.333. The Morgan fingerprint density at radius 1 is 0.842 bits per heavy atom. The summed E-state index contributed by atoms with van der Waals surface area (Å²) in [5.41, 5.74) is 2.84. The number of benzene rings is 2. The van der Waals surface area contributed by atoms with Crippen molar-refractivity contribution in [3.05, 3.63) is 54.6 Å². The normalized spacial score (nSPS) is 23.2. The van der Waals surface area contributed by atoms with Gasteiger partial charge in [-0.25, -0.2) is 0 Å². The Morgan fingerprint density at radius 3 is 2.21 bits per heavy atom. The van der Waals surface area contributed by atoms with Crippen LogP contribution in [0.3, 0.4) is 0 Å². The Hall–Kier alpha value is -1.13. The molecule has 1 saturated heterocycles. The van der Waals surface area contributed by atoms with Gasteiger partial charge < -0.3 is 0 Å². The predicted molar refractivity (Wildman–Crippen MR) is 86.6 cm³/mol. The predicted octanol–water partition coefficient (Wildman–Crippen LogP) is 4.89. The summed E-state index contributed by atoms with van der Waals surface area (Å²) in [5.74, 6) is 0.933. The maximum Gasteiger partial charge on any atom is -0.0107 e. The Morgan fingerprint density at radius 2 is 1.47 bits per heavy atom. The van der Waals surface area contributed by atoms with Crippen LogP contribution >= 0.6 is 7.92 Å². The van der Waals surface area contributed by atoms with Gasteiger partial charge in [-0.15, -0.1) is 0 Å². The van der Waals surface area contributed by atoms with Crippen LogP contribution in [0.1, 0.15) is 19.8 Å². The third-order valence-corrected chi connectivity index (χ3v) is 6.78. The van der Waals surface area contributed by atoms with Gasteiger partial charge in [0.2, 0.25) is 0 Å². The standard InChI is InChI=1S/C18H21P/c1-15-11-13-19(14-12-15)18-10-6-5-9-17(18)16-7-3-2-4-8-16/h2-10,15H,11-14H2,1H3. The van der Waals surface area contributed by atoms with Gasteiger partial charge in [0.15, 0.2) is 0 Å². The second-order valence-electron chi connectivity index (χ2n) is 5.55. The molecule has 98 valence electrons. The first-order chi connectivity index (χ1) is 9.34. The number of hydrogen-bond acceptors (Lipinski definition) is 0. The van der Waals surface area contributed by atoms with Crippen LogP contribution in [0.15, 0.2) is 54.6 Å². The Labute approximate surface area is 117 Å². The molecule has 19 heavy (non-hydrogen) atoms. The van der Waals surface area contributed by atoms with Crippen LogP contribution in [-0.2, 0) is 0 Å². The summed E-state index contributed by atoms with van der Waals surface area (Å²) in [6.45, 7) is 2.40. The molecule has 2 aromatic carbocycles. The van der Waals surface area contributed by atoms with Gasteiger partial charge >= 0.3 is 0 Å². The maximum atomic E-state index is 2.40. The molecule has 0 unspecified atom stereocenters. The molecule has 1 aliphatic heterocycles. The van der Waals surface area contributed by atoms with Crippen LogP contribution in [-0.4, -0.2) is 12.3 Å². The first kappa shape index (κ1) is 12.9. The lowest BCUT2D eigenvalue weighted by Crippen LogP contribution is -2.16. The van der Waals surface area contributed by atoms with E-state index in [0.717, 1.165) is 5.92 Å². The molecular formula is C18H21P. The molecule has 1 aliphatic rings. The fourth-order valence-corrected chi connectivity index (χ4v) is 5.91. The molecule has 0 radical (unpaired) electrons. The quantitative estimate of drug-likeness (QED) is 0.680. The van der Waals surface area contributed by atoms with E-state index in [1.54, 1.807) is 5.30 Å². The van der Waals surface area contributed by atoms with Crippen molar-refractivity contribution in [2.75, 3.05) is 12.3 Å². The van der Waals surface area contributed by atoms with Gasteiger partial charge in [-0.3, -0.25) is 0 Å². The van der Waals surface area contributed by atoms with Crippen molar-refractivity contribution in [2.45, 2.75) is 19.8 Å². The van der Waals surface area contributed by atoms with Crippen LogP contribution in [0.5, 0.6) is 0 Å². The molecule has 1 fully saturated rings. The minimum Gasteiger partial charge on any atom is -0.0746 e. The van der Waals surface area contributed by atoms with E-state index in [1.807, 2.05) is 0 Å². The van der Waals surface area contributed by atoms with Crippen LogP contribution in [0, 0.1) is 5.92 Å². The average molecular weight is 268 g/mol. The first-order valence-electron chi connectivity index (χ1n) is 7.24. The molecule has 0 bridgehead atoms. The summed E-state index contributed by atoms with van der Waals surface area (Å²) in [7, 11) is 0.0621. The van der Waals surface area contributed by atoms with Crippen LogP contribution < -0.4 is 5.30 Å². The Kier molecular flexibility index (Phi) is 3.99. The highest BCUT2D eigenvalue weighted by atomic mass is 31.1. The van der Waals surface area contributed by atoms with E-state index in [2.05, 4.69) is 61.5 Å². The van der Waals surface area contributed by atoms with Gasteiger partial charge in [0.05, 0.1) is 0 Å². The monoisotopic (exact) mass is 268 g/mol. The Bertz CT molecular complexity index is 524. The summed E-state index contributed by atoms with van der Waals surface area (Å²) in [4.78, 5) is 0. The highest BCUT2D eigenvalue weighted by Gasteiger charge is 2.21. The summed E-state index contributed by atoms with van der Waals surface area (Å²) >= 11 is 0. The van der Waals surface area contributed by atoms with Gasteiger partial charge in [0, 0.05) is 0 Å². The highest BCUT2D eigenvalue weighted by molar-refractivity contribution is 7.66. The third-order valence-electron chi connectivity index (χ3n) is 4.11. The fourth-order valence-electron chi connectivity index (χ4n) is 2.86. The molecule has 3 rings (SSSR count). The summed E-state index contributed by atoms with van der Waals surface area (Å²) < 4.78 is 0. The summed E-state index contributed by atoms with van der Waals surface area (Å²) in [6.07, 6.45) is 5.66. The summed E-state index contributed by atoms with van der Waals surface area (Å²) in [6, 6.07) is 19.9. The molecule has 0 aromatic heterocycles. The molecule has 0 N–H and O–H groups in total.